The summed E-state index contributed by atoms with van der Waals surface area (Å²) in [5.74, 6) is 0.267. The van der Waals surface area contributed by atoms with Gasteiger partial charge in [-0.1, -0.05) is 67.6 Å². The van der Waals surface area contributed by atoms with Crippen molar-refractivity contribution in [2.45, 2.75) is 44.8 Å². The largest absolute Gasteiger partial charge is 0.337 e. The van der Waals surface area contributed by atoms with E-state index < -0.39 is 0 Å². The Morgan fingerprint density at radius 2 is 1.48 bits per heavy atom. The van der Waals surface area contributed by atoms with Crippen LogP contribution >= 0.6 is 0 Å². The van der Waals surface area contributed by atoms with Crippen LogP contribution in [-0.4, -0.2) is 58.9 Å². The SMILES string of the molecule is CCC(=O)N(Cc1ccccc1)CC1(N2CCN(Cc3ccccc3)CC2)CC1. The first-order valence-electron chi connectivity index (χ1n) is 11.0. The van der Waals surface area contributed by atoms with Crippen molar-refractivity contribution < 1.29 is 4.79 Å². The molecular formula is C25H33N3O. The van der Waals surface area contributed by atoms with Crippen LogP contribution in [0.15, 0.2) is 60.7 Å². The summed E-state index contributed by atoms with van der Waals surface area (Å²) < 4.78 is 0. The smallest absolute Gasteiger partial charge is 0.222 e. The van der Waals surface area contributed by atoms with Crippen molar-refractivity contribution in [3.05, 3.63) is 71.8 Å². The summed E-state index contributed by atoms with van der Waals surface area (Å²) >= 11 is 0. The Labute approximate surface area is 175 Å². The van der Waals surface area contributed by atoms with Crippen LogP contribution in [-0.2, 0) is 17.9 Å². The molecule has 0 radical (unpaired) electrons. The normalized spacial score (nSPS) is 19.1. The number of hydrogen-bond acceptors (Lipinski definition) is 3. The molecule has 0 atom stereocenters. The van der Waals surface area contributed by atoms with Gasteiger partial charge in [0.05, 0.1) is 0 Å². The summed E-state index contributed by atoms with van der Waals surface area (Å²) in [6.07, 6.45) is 3.01. The van der Waals surface area contributed by atoms with Crippen LogP contribution in [0.5, 0.6) is 0 Å². The van der Waals surface area contributed by atoms with Gasteiger partial charge < -0.3 is 4.90 Å². The fourth-order valence-electron chi connectivity index (χ4n) is 4.56. The lowest BCUT2D eigenvalue weighted by atomic mass is 10.1. The van der Waals surface area contributed by atoms with Gasteiger partial charge >= 0.3 is 0 Å². The third-order valence-corrected chi connectivity index (χ3v) is 6.48. The van der Waals surface area contributed by atoms with Gasteiger partial charge in [0, 0.05) is 57.8 Å². The molecule has 1 aliphatic heterocycles. The predicted molar refractivity (Wildman–Crippen MR) is 117 cm³/mol. The van der Waals surface area contributed by atoms with Crippen LogP contribution in [0.1, 0.15) is 37.3 Å². The van der Waals surface area contributed by atoms with Gasteiger partial charge in [0.2, 0.25) is 5.91 Å². The summed E-state index contributed by atoms with van der Waals surface area (Å²) in [6.45, 7) is 9.03. The number of carbonyl (C=O) groups excluding carboxylic acids is 1. The van der Waals surface area contributed by atoms with Gasteiger partial charge in [-0.05, 0) is 24.0 Å². The van der Waals surface area contributed by atoms with Gasteiger partial charge in [-0.2, -0.15) is 0 Å². The molecule has 4 heteroatoms. The molecular weight excluding hydrogens is 358 g/mol. The molecule has 29 heavy (non-hydrogen) atoms. The fraction of sp³-hybridized carbons (Fsp3) is 0.480. The zero-order valence-electron chi connectivity index (χ0n) is 17.6. The second-order valence-electron chi connectivity index (χ2n) is 8.56. The zero-order valence-corrected chi connectivity index (χ0v) is 17.6. The van der Waals surface area contributed by atoms with Crippen LogP contribution in [0.3, 0.4) is 0 Å². The number of hydrogen-bond donors (Lipinski definition) is 0. The van der Waals surface area contributed by atoms with E-state index in [0.29, 0.717) is 6.42 Å². The average molecular weight is 392 g/mol. The minimum atomic E-state index is 0.207. The lowest BCUT2D eigenvalue weighted by molar-refractivity contribution is -0.132. The van der Waals surface area contributed by atoms with Crippen LogP contribution in [0.25, 0.3) is 0 Å². The van der Waals surface area contributed by atoms with Gasteiger partial charge in [0.25, 0.3) is 0 Å². The average Bonchev–Trinajstić information content (AvgIpc) is 3.55. The second-order valence-corrected chi connectivity index (χ2v) is 8.56. The van der Waals surface area contributed by atoms with Crippen molar-refractivity contribution in [2.75, 3.05) is 32.7 Å². The number of amides is 1. The van der Waals surface area contributed by atoms with E-state index >= 15 is 0 Å². The minimum absolute atomic E-state index is 0.207. The maximum absolute atomic E-state index is 12.7. The molecule has 0 unspecified atom stereocenters. The molecule has 2 aliphatic rings. The molecule has 2 fully saturated rings. The van der Waals surface area contributed by atoms with E-state index in [2.05, 4.69) is 69.3 Å². The summed E-state index contributed by atoms with van der Waals surface area (Å²) in [5.41, 5.74) is 2.82. The molecule has 1 saturated carbocycles. The Morgan fingerprint density at radius 3 is 2.03 bits per heavy atom. The molecule has 0 spiro atoms. The zero-order chi connectivity index (χ0) is 20.1. The summed E-state index contributed by atoms with van der Waals surface area (Å²) in [7, 11) is 0. The van der Waals surface area contributed by atoms with E-state index in [-0.39, 0.29) is 11.4 Å². The lowest BCUT2D eigenvalue weighted by Gasteiger charge is -2.41. The molecule has 2 aromatic rings. The molecule has 0 bridgehead atoms. The molecule has 2 aromatic carbocycles. The molecule has 1 amide bonds. The molecule has 4 rings (SSSR count). The Hall–Kier alpha value is -2.17. The van der Waals surface area contributed by atoms with Crippen LogP contribution in [0.4, 0.5) is 0 Å². The molecule has 0 N–H and O–H groups in total. The number of rotatable bonds is 8. The molecule has 1 aliphatic carbocycles. The first kappa shape index (κ1) is 20.1. The molecule has 0 aromatic heterocycles. The van der Waals surface area contributed by atoms with E-state index in [1.165, 1.54) is 24.0 Å². The molecule has 1 heterocycles. The van der Waals surface area contributed by atoms with E-state index in [0.717, 1.165) is 45.8 Å². The summed E-state index contributed by atoms with van der Waals surface area (Å²) in [6, 6.07) is 21.2. The fourth-order valence-corrected chi connectivity index (χ4v) is 4.56. The standard InChI is InChI=1S/C25H33N3O/c1-2-24(29)27(20-23-11-7-4-8-12-23)21-25(13-14-25)28-17-15-26(16-18-28)19-22-9-5-3-6-10-22/h3-12H,2,13-21H2,1H3. The Kier molecular flexibility index (Phi) is 6.31. The predicted octanol–water partition coefficient (Wildman–Crippen LogP) is 3.78. The van der Waals surface area contributed by atoms with E-state index in [9.17, 15) is 4.79 Å². The van der Waals surface area contributed by atoms with Crippen LogP contribution in [0.2, 0.25) is 0 Å². The van der Waals surface area contributed by atoms with Crippen molar-refractivity contribution in [3.63, 3.8) is 0 Å². The lowest BCUT2D eigenvalue weighted by Crippen LogP contribution is -2.55. The van der Waals surface area contributed by atoms with E-state index in [1.807, 2.05) is 13.0 Å². The highest BCUT2D eigenvalue weighted by Crippen LogP contribution is 2.43. The van der Waals surface area contributed by atoms with Crippen molar-refractivity contribution in [3.8, 4) is 0 Å². The van der Waals surface area contributed by atoms with Gasteiger partial charge in [0.1, 0.15) is 0 Å². The van der Waals surface area contributed by atoms with Crippen molar-refractivity contribution in [2.24, 2.45) is 0 Å². The minimum Gasteiger partial charge on any atom is -0.337 e. The molecule has 4 nitrogen and oxygen atoms in total. The number of piperazine rings is 1. The second kappa shape index (κ2) is 9.10. The maximum atomic E-state index is 12.7. The van der Waals surface area contributed by atoms with E-state index in [1.54, 1.807) is 0 Å². The summed E-state index contributed by atoms with van der Waals surface area (Å²) in [4.78, 5) is 20.0. The third kappa shape index (κ3) is 5.06. The quantitative estimate of drug-likeness (QED) is 0.685. The van der Waals surface area contributed by atoms with Crippen molar-refractivity contribution in [1.82, 2.24) is 14.7 Å². The van der Waals surface area contributed by atoms with Gasteiger partial charge in [-0.3, -0.25) is 14.6 Å². The highest BCUT2D eigenvalue weighted by atomic mass is 16.2. The maximum Gasteiger partial charge on any atom is 0.222 e. The number of nitrogens with zero attached hydrogens (tertiary/aromatic N) is 3. The van der Waals surface area contributed by atoms with Crippen LogP contribution in [0, 0.1) is 0 Å². The highest BCUT2D eigenvalue weighted by molar-refractivity contribution is 5.76. The van der Waals surface area contributed by atoms with Crippen LogP contribution < -0.4 is 0 Å². The van der Waals surface area contributed by atoms with Crippen molar-refractivity contribution in [1.29, 1.82) is 0 Å². The first-order chi connectivity index (χ1) is 14.2. The summed E-state index contributed by atoms with van der Waals surface area (Å²) in [5, 5.41) is 0. The van der Waals surface area contributed by atoms with Gasteiger partial charge in [-0.25, -0.2) is 0 Å². The Bertz CT molecular complexity index is 780. The highest BCUT2D eigenvalue weighted by Gasteiger charge is 2.49. The van der Waals surface area contributed by atoms with Gasteiger partial charge in [0.15, 0.2) is 0 Å². The monoisotopic (exact) mass is 391 g/mol. The third-order valence-electron chi connectivity index (χ3n) is 6.48. The Balaban J connectivity index is 1.35. The molecule has 154 valence electrons. The first-order valence-corrected chi connectivity index (χ1v) is 11.0. The topological polar surface area (TPSA) is 26.8 Å². The molecule has 1 saturated heterocycles. The van der Waals surface area contributed by atoms with Crippen molar-refractivity contribution >= 4 is 5.91 Å². The number of benzene rings is 2. The Morgan fingerprint density at radius 1 is 0.897 bits per heavy atom. The number of carbonyl (C=O) groups is 1. The van der Waals surface area contributed by atoms with E-state index in [4.69, 9.17) is 0 Å². The van der Waals surface area contributed by atoms with Gasteiger partial charge in [-0.15, -0.1) is 0 Å².